The van der Waals surface area contributed by atoms with Crippen molar-refractivity contribution in [3.05, 3.63) is 6.33 Å². The summed E-state index contributed by atoms with van der Waals surface area (Å²) in [6.45, 7) is 1.60. The number of likely N-dealkylation sites (tertiary alicyclic amines) is 1. The summed E-state index contributed by atoms with van der Waals surface area (Å²) >= 11 is 0. The zero-order valence-corrected chi connectivity index (χ0v) is 12.0. The van der Waals surface area contributed by atoms with E-state index in [1.807, 2.05) is 0 Å². The van der Waals surface area contributed by atoms with E-state index in [0.717, 1.165) is 0 Å². The first kappa shape index (κ1) is 15.3. The molecule has 1 aliphatic rings. The van der Waals surface area contributed by atoms with Gasteiger partial charge in [0.25, 0.3) is 0 Å². The lowest BCUT2D eigenvalue weighted by Gasteiger charge is -2.26. The number of methoxy groups -OCH3 is 1. The van der Waals surface area contributed by atoms with Crippen LogP contribution in [0.3, 0.4) is 0 Å². The topological polar surface area (TPSA) is 90.2 Å². The Morgan fingerprint density at radius 3 is 2.86 bits per heavy atom. The second-order valence-electron chi connectivity index (χ2n) is 5.19. The molecule has 0 saturated carbocycles. The molecule has 1 unspecified atom stereocenters. The Balaban J connectivity index is 2.09. The molecular weight excluding hydrogens is 281 g/mol. The van der Waals surface area contributed by atoms with E-state index >= 15 is 0 Å². The molecular formula is C12H18FN5O3. The van der Waals surface area contributed by atoms with Gasteiger partial charge in [0.2, 0.25) is 5.91 Å². The Bertz CT molecular complexity index is 509. The van der Waals surface area contributed by atoms with Gasteiger partial charge in [-0.15, -0.1) is 5.10 Å². The average molecular weight is 299 g/mol. The fraction of sp³-hybridized carbons (Fsp3) is 0.750. The maximum Gasteiger partial charge on any atom is 0.313 e. The van der Waals surface area contributed by atoms with E-state index in [9.17, 15) is 14.0 Å². The number of hydrogen-bond acceptors (Lipinski definition) is 6. The van der Waals surface area contributed by atoms with Gasteiger partial charge in [-0.1, -0.05) is 0 Å². The van der Waals surface area contributed by atoms with Crippen molar-refractivity contribution in [2.24, 2.45) is 5.41 Å². The van der Waals surface area contributed by atoms with Crippen LogP contribution in [0.25, 0.3) is 0 Å². The largest absolute Gasteiger partial charge is 0.469 e. The molecule has 2 heterocycles. The minimum Gasteiger partial charge on any atom is -0.469 e. The minimum absolute atomic E-state index is 0.0582. The van der Waals surface area contributed by atoms with Crippen molar-refractivity contribution in [3.8, 4) is 0 Å². The van der Waals surface area contributed by atoms with Gasteiger partial charge in [-0.05, 0) is 30.2 Å². The first-order chi connectivity index (χ1) is 10.0. The molecule has 8 nitrogen and oxygen atoms in total. The number of rotatable bonds is 5. The predicted octanol–water partition coefficient (Wildman–Crippen LogP) is -0.0146. The number of ether oxygens (including phenoxy) is 1. The maximum atomic E-state index is 12.8. The fourth-order valence-electron chi connectivity index (χ4n) is 2.65. The summed E-state index contributed by atoms with van der Waals surface area (Å²) in [5.74, 6) is -0.669. The van der Waals surface area contributed by atoms with E-state index in [2.05, 4.69) is 15.5 Å². The third kappa shape index (κ3) is 2.86. The van der Waals surface area contributed by atoms with Gasteiger partial charge >= 0.3 is 5.97 Å². The summed E-state index contributed by atoms with van der Waals surface area (Å²) in [5.41, 5.74) is -0.945. The Labute approximate surface area is 121 Å². The van der Waals surface area contributed by atoms with Crippen molar-refractivity contribution in [3.63, 3.8) is 0 Å². The van der Waals surface area contributed by atoms with E-state index in [0.29, 0.717) is 13.0 Å². The predicted molar refractivity (Wildman–Crippen MR) is 68.8 cm³/mol. The van der Waals surface area contributed by atoms with Crippen molar-refractivity contribution in [2.75, 3.05) is 26.9 Å². The Morgan fingerprint density at radius 2 is 2.29 bits per heavy atom. The van der Waals surface area contributed by atoms with Crippen LogP contribution in [-0.4, -0.2) is 63.9 Å². The van der Waals surface area contributed by atoms with Crippen molar-refractivity contribution in [1.29, 1.82) is 0 Å². The van der Waals surface area contributed by atoms with Crippen LogP contribution in [0.1, 0.15) is 25.8 Å². The molecule has 0 spiro atoms. The third-order valence-electron chi connectivity index (χ3n) is 3.98. The molecule has 1 saturated heterocycles. The van der Waals surface area contributed by atoms with Gasteiger partial charge in [0.15, 0.2) is 0 Å². The molecule has 0 aromatic carbocycles. The lowest BCUT2D eigenvalue weighted by molar-refractivity contribution is -0.153. The lowest BCUT2D eigenvalue weighted by atomic mass is 9.84. The highest BCUT2D eigenvalue weighted by molar-refractivity contribution is 5.83. The summed E-state index contributed by atoms with van der Waals surface area (Å²) in [7, 11) is 1.27. The molecule has 1 aromatic rings. The molecule has 116 valence electrons. The third-order valence-corrected chi connectivity index (χ3v) is 3.98. The Hall–Kier alpha value is -2.06. The van der Waals surface area contributed by atoms with Crippen molar-refractivity contribution in [1.82, 2.24) is 25.1 Å². The number of alkyl halides is 1. The standard InChI is InChI=1S/C12H18FN5O3/c1-9(18-8-14-15-16-18)10(19)17-6-4-12(7-17,3-5-13)11(20)21-2/h8-9H,3-7H2,1-2H3/t9-,12?/m0/s1. The zero-order chi connectivity index (χ0) is 15.5. The van der Waals surface area contributed by atoms with Crippen LogP contribution >= 0.6 is 0 Å². The smallest absolute Gasteiger partial charge is 0.313 e. The van der Waals surface area contributed by atoms with Gasteiger partial charge in [-0.2, -0.15) is 0 Å². The second kappa shape index (κ2) is 6.15. The van der Waals surface area contributed by atoms with Crippen LogP contribution in [0.15, 0.2) is 6.33 Å². The van der Waals surface area contributed by atoms with Crippen molar-refractivity contribution < 1.29 is 18.7 Å². The van der Waals surface area contributed by atoms with Gasteiger partial charge in [0.05, 0.1) is 19.2 Å². The molecule has 1 fully saturated rings. The molecule has 1 amide bonds. The molecule has 1 aromatic heterocycles. The number of tetrazole rings is 1. The van der Waals surface area contributed by atoms with Gasteiger partial charge in [-0.3, -0.25) is 14.0 Å². The van der Waals surface area contributed by atoms with Crippen molar-refractivity contribution in [2.45, 2.75) is 25.8 Å². The summed E-state index contributed by atoms with van der Waals surface area (Å²) < 4.78 is 18.9. The zero-order valence-electron chi connectivity index (χ0n) is 12.0. The Kier molecular flexibility index (Phi) is 4.49. The number of amides is 1. The molecule has 21 heavy (non-hydrogen) atoms. The van der Waals surface area contributed by atoms with Gasteiger partial charge < -0.3 is 9.64 Å². The van der Waals surface area contributed by atoms with Crippen LogP contribution < -0.4 is 0 Å². The van der Waals surface area contributed by atoms with Gasteiger partial charge in [0.1, 0.15) is 12.4 Å². The summed E-state index contributed by atoms with van der Waals surface area (Å²) in [6.07, 6.45) is 1.81. The number of carbonyl (C=O) groups is 2. The van der Waals surface area contributed by atoms with Crippen LogP contribution in [0.5, 0.6) is 0 Å². The van der Waals surface area contributed by atoms with E-state index in [-0.39, 0.29) is 18.9 Å². The van der Waals surface area contributed by atoms with Crippen LogP contribution in [-0.2, 0) is 14.3 Å². The number of esters is 1. The highest BCUT2D eigenvalue weighted by Crippen LogP contribution is 2.36. The molecule has 0 bridgehead atoms. The minimum atomic E-state index is -0.945. The first-order valence-corrected chi connectivity index (χ1v) is 6.70. The van der Waals surface area contributed by atoms with Crippen LogP contribution in [0, 0.1) is 5.41 Å². The molecule has 0 N–H and O–H groups in total. The summed E-state index contributed by atoms with van der Waals surface area (Å²) in [4.78, 5) is 25.9. The molecule has 2 atom stereocenters. The molecule has 1 aliphatic heterocycles. The number of hydrogen-bond donors (Lipinski definition) is 0. The Morgan fingerprint density at radius 1 is 1.52 bits per heavy atom. The number of carbonyl (C=O) groups excluding carboxylic acids is 2. The van der Waals surface area contributed by atoms with E-state index in [4.69, 9.17) is 4.74 Å². The van der Waals surface area contributed by atoms with Crippen LogP contribution in [0.2, 0.25) is 0 Å². The first-order valence-electron chi connectivity index (χ1n) is 6.70. The number of aromatic nitrogens is 4. The quantitative estimate of drug-likeness (QED) is 0.710. The molecule has 0 radical (unpaired) electrons. The molecule has 0 aliphatic carbocycles. The highest BCUT2D eigenvalue weighted by atomic mass is 19.1. The van der Waals surface area contributed by atoms with E-state index in [1.54, 1.807) is 11.8 Å². The van der Waals surface area contributed by atoms with E-state index in [1.165, 1.54) is 18.1 Å². The summed E-state index contributed by atoms with van der Waals surface area (Å²) in [6, 6.07) is -0.571. The van der Waals surface area contributed by atoms with E-state index < -0.39 is 24.1 Å². The fourth-order valence-corrected chi connectivity index (χ4v) is 2.65. The molecule has 9 heteroatoms. The monoisotopic (exact) mass is 299 g/mol. The summed E-state index contributed by atoms with van der Waals surface area (Å²) in [5, 5.41) is 10.7. The second-order valence-corrected chi connectivity index (χ2v) is 5.19. The van der Waals surface area contributed by atoms with Gasteiger partial charge in [0, 0.05) is 13.1 Å². The van der Waals surface area contributed by atoms with Crippen LogP contribution in [0.4, 0.5) is 4.39 Å². The number of halogens is 1. The SMILES string of the molecule is COC(=O)C1(CCF)CCN(C(=O)[C@H](C)n2cnnn2)C1. The highest BCUT2D eigenvalue weighted by Gasteiger charge is 2.47. The number of nitrogens with zero attached hydrogens (tertiary/aromatic N) is 5. The normalized spacial score (nSPS) is 23.1. The average Bonchev–Trinajstić information content (AvgIpc) is 3.15. The lowest BCUT2D eigenvalue weighted by Crippen LogP contribution is -2.40. The maximum absolute atomic E-state index is 12.8. The van der Waals surface area contributed by atoms with Crippen molar-refractivity contribution >= 4 is 11.9 Å². The molecule has 2 rings (SSSR count). The van der Waals surface area contributed by atoms with Gasteiger partial charge in [-0.25, -0.2) is 4.68 Å².